The van der Waals surface area contributed by atoms with Gasteiger partial charge in [-0.2, -0.15) is 0 Å². The third-order valence-corrected chi connectivity index (χ3v) is 7.45. The first-order valence-electron chi connectivity index (χ1n) is 11.8. The van der Waals surface area contributed by atoms with Crippen molar-refractivity contribution < 1.29 is 23.8 Å². The zero-order valence-corrected chi connectivity index (χ0v) is 19.8. The SMILES string of the molecule is Cc1ccn2cc(C(=O)NC34CCC(NC(=O)COc5ccc(C)c(F)c5)(CC3)C(O)C4)nc2c1. The Morgan fingerprint density at radius 1 is 1.17 bits per heavy atom. The maximum Gasteiger partial charge on any atom is 0.271 e. The van der Waals surface area contributed by atoms with Crippen molar-refractivity contribution in [2.24, 2.45) is 0 Å². The highest BCUT2D eigenvalue weighted by atomic mass is 19.1. The lowest BCUT2D eigenvalue weighted by molar-refractivity contribution is -0.132. The molecular formula is C26H29FN4O4. The van der Waals surface area contributed by atoms with Crippen LogP contribution in [0.2, 0.25) is 0 Å². The smallest absolute Gasteiger partial charge is 0.271 e. The molecule has 3 fully saturated rings. The quantitative estimate of drug-likeness (QED) is 0.503. The Bertz CT molecular complexity index is 1300. The van der Waals surface area contributed by atoms with Gasteiger partial charge in [-0.05, 0) is 75.3 Å². The lowest BCUT2D eigenvalue weighted by atomic mass is 9.60. The molecule has 3 aliphatic carbocycles. The minimum absolute atomic E-state index is 0.268. The monoisotopic (exact) mass is 480 g/mol. The number of carbonyl (C=O) groups excluding carboxylic acids is 2. The molecular weight excluding hydrogens is 451 g/mol. The summed E-state index contributed by atoms with van der Waals surface area (Å²) in [6.45, 7) is 3.35. The number of rotatable bonds is 6. The Morgan fingerprint density at radius 2 is 1.94 bits per heavy atom. The number of fused-ring (bicyclic) bond motifs is 4. The standard InChI is InChI=1S/C26H29FN4O4/c1-16-5-10-31-14-20(28-22(31)11-16)24(34)30-25-6-8-26(9-7-25,21(32)13-25)29-23(33)15-35-18-4-3-17(2)19(27)12-18/h3-5,10-12,14,21,32H,6-9,13,15H2,1-2H3,(H,29,33)(H,30,34). The number of ether oxygens (including phenoxy) is 1. The Balaban J connectivity index is 1.20. The van der Waals surface area contributed by atoms with Crippen molar-refractivity contribution in [1.82, 2.24) is 20.0 Å². The number of amides is 2. The van der Waals surface area contributed by atoms with E-state index in [1.807, 2.05) is 29.7 Å². The van der Waals surface area contributed by atoms with Gasteiger partial charge in [0.2, 0.25) is 0 Å². The molecule has 3 aliphatic rings. The summed E-state index contributed by atoms with van der Waals surface area (Å²) in [6, 6.07) is 8.32. The van der Waals surface area contributed by atoms with E-state index in [9.17, 15) is 19.1 Å². The van der Waals surface area contributed by atoms with Crippen molar-refractivity contribution in [2.45, 2.75) is 63.1 Å². The van der Waals surface area contributed by atoms with Crippen LogP contribution in [0, 0.1) is 19.7 Å². The summed E-state index contributed by atoms with van der Waals surface area (Å²) < 4.78 is 21.0. The fourth-order valence-electron chi connectivity index (χ4n) is 5.29. The van der Waals surface area contributed by atoms with E-state index in [1.54, 1.807) is 25.3 Å². The predicted molar refractivity (Wildman–Crippen MR) is 127 cm³/mol. The van der Waals surface area contributed by atoms with E-state index in [0.29, 0.717) is 49.0 Å². The van der Waals surface area contributed by atoms with Crippen LogP contribution in [-0.2, 0) is 4.79 Å². The number of pyridine rings is 1. The maximum absolute atomic E-state index is 13.7. The summed E-state index contributed by atoms with van der Waals surface area (Å²) >= 11 is 0. The number of benzene rings is 1. The van der Waals surface area contributed by atoms with E-state index < -0.39 is 23.0 Å². The minimum Gasteiger partial charge on any atom is -0.484 e. The van der Waals surface area contributed by atoms with Gasteiger partial charge >= 0.3 is 0 Å². The Morgan fingerprint density at radius 3 is 2.66 bits per heavy atom. The third-order valence-electron chi connectivity index (χ3n) is 7.45. The molecule has 35 heavy (non-hydrogen) atoms. The van der Waals surface area contributed by atoms with E-state index in [1.165, 1.54) is 6.07 Å². The number of aromatic nitrogens is 2. The fraction of sp³-hybridized carbons (Fsp3) is 0.423. The molecule has 3 aromatic rings. The van der Waals surface area contributed by atoms with Crippen molar-refractivity contribution in [3.8, 4) is 5.75 Å². The summed E-state index contributed by atoms with van der Waals surface area (Å²) in [5.74, 6) is -0.759. The molecule has 2 bridgehead atoms. The normalized spacial score (nSPS) is 25.4. The third kappa shape index (κ3) is 4.48. The number of nitrogens with zero attached hydrogens (tertiary/aromatic N) is 2. The average molecular weight is 481 g/mol. The predicted octanol–water partition coefficient (Wildman–Crippen LogP) is 2.83. The number of aliphatic hydroxyl groups is 1. The zero-order valence-electron chi connectivity index (χ0n) is 19.8. The Labute approximate surface area is 202 Å². The molecule has 0 radical (unpaired) electrons. The molecule has 9 heteroatoms. The van der Waals surface area contributed by atoms with E-state index in [4.69, 9.17) is 4.74 Å². The van der Waals surface area contributed by atoms with Crippen LogP contribution >= 0.6 is 0 Å². The molecule has 2 aromatic heterocycles. The first kappa shape index (κ1) is 23.3. The summed E-state index contributed by atoms with van der Waals surface area (Å²) in [6.07, 6.45) is 5.43. The lowest BCUT2D eigenvalue weighted by Crippen LogP contribution is -2.70. The second-order valence-corrected chi connectivity index (χ2v) is 9.95. The van der Waals surface area contributed by atoms with E-state index in [2.05, 4.69) is 15.6 Å². The first-order chi connectivity index (χ1) is 16.7. The minimum atomic E-state index is -0.810. The summed E-state index contributed by atoms with van der Waals surface area (Å²) in [7, 11) is 0. The largest absolute Gasteiger partial charge is 0.484 e. The molecule has 1 atom stereocenters. The van der Waals surface area contributed by atoms with E-state index >= 15 is 0 Å². The molecule has 0 aliphatic heterocycles. The number of carbonyl (C=O) groups is 2. The van der Waals surface area contributed by atoms with Crippen molar-refractivity contribution >= 4 is 17.5 Å². The molecule has 3 saturated carbocycles. The average Bonchev–Trinajstić information content (AvgIpc) is 3.24. The molecule has 1 unspecified atom stereocenters. The van der Waals surface area contributed by atoms with Gasteiger partial charge in [0.1, 0.15) is 22.9 Å². The van der Waals surface area contributed by atoms with E-state index in [0.717, 1.165) is 5.56 Å². The summed E-state index contributed by atoms with van der Waals surface area (Å²) in [4.78, 5) is 30.0. The van der Waals surface area contributed by atoms with Gasteiger partial charge in [0, 0.05) is 24.0 Å². The molecule has 8 nitrogen and oxygen atoms in total. The number of aryl methyl sites for hydroxylation is 2. The molecule has 2 amide bonds. The van der Waals surface area contributed by atoms with Gasteiger partial charge in [-0.15, -0.1) is 0 Å². The molecule has 2 heterocycles. The highest BCUT2D eigenvalue weighted by Crippen LogP contribution is 2.47. The Kier molecular flexibility index (Phi) is 5.75. The first-order valence-corrected chi connectivity index (χ1v) is 11.8. The van der Waals surface area contributed by atoms with E-state index in [-0.39, 0.29) is 24.2 Å². The molecule has 184 valence electrons. The van der Waals surface area contributed by atoms with Crippen LogP contribution in [0.4, 0.5) is 4.39 Å². The maximum atomic E-state index is 13.7. The number of aliphatic hydroxyl groups excluding tert-OH is 1. The number of imidazole rings is 1. The van der Waals surface area contributed by atoms with Crippen LogP contribution in [0.3, 0.4) is 0 Å². The molecule has 6 rings (SSSR count). The second kappa shape index (κ2) is 8.64. The summed E-state index contributed by atoms with van der Waals surface area (Å²) in [5, 5.41) is 17.0. The Hall–Kier alpha value is -3.46. The van der Waals surface area contributed by atoms with Crippen LogP contribution in [0.1, 0.15) is 53.7 Å². The van der Waals surface area contributed by atoms with Gasteiger partial charge in [-0.1, -0.05) is 6.07 Å². The van der Waals surface area contributed by atoms with Crippen LogP contribution in [-0.4, -0.2) is 50.1 Å². The summed E-state index contributed by atoms with van der Waals surface area (Å²) in [5.41, 5.74) is 1.31. The van der Waals surface area contributed by atoms with Gasteiger partial charge in [-0.25, -0.2) is 9.37 Å². The second-order valence-electron chi connectivity index (χ2n) is 9.95. The van der Waals surface area contributed by atoms with Crippen LogP contribution < -0.4 is 15.4 Å². The number of nitrogens with one attached hydrogen (secondary N) is 2. The molecule has 0 spiro atoms. The van der Waals surface area contributed by atoms with Gasteiger partial charge in [0.15, 0.2) is 6.61 Å². The molecule has 3 N–H and O–H groups in total. The van der Waals surface area contributed by atoms with Crippen molar-refractivity contribution in [3.63, 3.8) is 0 Å². The molecule has 0 saturated heterocycles. The molecule has 1 aromatic carbocycles. The topological polar surface area (TPSA) is 105 Å². The fourth-order valence-corrected chi connectivity index (χ4v) is 5.29. The number of hydrogen-bond acceptors (Lipinski definition) is 5. The van der Waals surface area contributed by atoms with Crippen LogP contribution in [0.5, 0.6) is 5.75 Å². The number of halogens is 1. The van der Waals surface area contributed by atoms with Gasteiger partial charge < -0.3 is 24.9 Å². The zero-order chi connectivity index (χ0) is 24.8. The lowest BCUT2D eigenvalue weighted by Gasteiger charge is -2.56. The van der Waals surface area contributed by atoms with Crippen LogP contribution in [0.15, 0.2) is 42.7 Å². The van der Waals surface area contributed by atoms with Crippen LogP contribution in [0.25, 0.3) is 5.65 Å². The van der Waals surface area contributed by atoms with Crippen molar-refractivity contribution in [1.29, 1.82) is 0 Å². The van der Waals surface area contributed by atoms with Crippen molar-refractivity contribution in [3.05, 3.63) is 65.4 Å². The highest BCUT2D eigenvalue weighted by Gasteiger charge is 2.55. The number of hydrogen-bond donors (Lipinski definition) is 3. The highest BCUT2D eigenvalue weighted by molar-refractivity contribution is 5.93. The van der Waals surface area contributed by atoms with Gasteiger partial charge in [0.25, 0.3) is 11.8 Å². The van der Waals surface area contributed by atoms with Gasteiger partial charge in [0.05, 0.1) is 11.6 Å². The van der Waals surface area contributed by atoms with Crippen molar-refractivity contribution in [2.75, 3.05) is 6.61 Å². The van der Waals surface area contributed by atoms with Gasteiger partial charge in [-0.3, -0.25) is 9.59 Å².